The Kier molecular flexibility index (Phi) is 6.19. The minimum absolute atomic E-state index is 0.134. The Bertz CT molecular complexity index is 1650. The van der Waals surface area contributed by atoms with E-state index in [4.69, 9.17) is 11.6 Å². The molecule has 4 aromatic rings. The molecule has 0 unspecified atom stereocenters. The number of hydrogen-bond acceptors (Lipinski definition) is 6. The van der Waals surface area contributed by atoms with Gasteiger partial charge in [0.05, 0.1) is 11.6 Å². The van der Waals surface area contributed by atoms with Gasteiger partial charge in [-0.15, -0.1) is 0 Å². The zero-order valence-corrected chi connectivity index (χ0v) is 20.4. The normalized spacial score (nSPS) is 14.2. The first-order valence-electron chi connectivity index (χ1n) is 10.7. The van der Waals surface area contributed by atoms with E-state index in [9.17, 15) is 30.4 Å². The molecule has 13 heteroatoms. The Hall–Kier alpha value is -3.51. The Balaban J connectivity index is 1.41. The number of fused-ring (bicyclic) bond motifs is 1. The molecule has 1 fully saturated rings. The van der Waals surface area contributed by atoms with Gasteiger partial charge in [-0.05, 0) is 18.2 Å². The summed E-state index contributed by atoms with van der Waals surface area (Å²) in [5.41, 5.74) is 0.111. The summed E-state index contributed by atoms with van der Waals surface area (Å²) in [6.07, 6.45) is 1.74. The average molecular weight is 555 g/mol. The second-order valence-electron chi connectivity index (χ2n) is 8.50. The van der Waals surface area contributed by atoms with Crippen molar-refractivity contribution in [2.75, 3.05) is 29.6 Å². The summed E-state index contributed by atoms with van der Waals surface area (Å²) in [5, 5.41) is 3.19. The third-order valence-electron chi connectivity index (χ3n) is 5.99. The fraction of sp³-hybridized carbons (Fsp3) is 0.167. The van der Waals surface area contributed by atoms with Crippen LogP contribution in [0.25, 0.3) is 22.0 Å². The minimum Gasteiger partial charge on any atom is -0.374 e. The van der Waals surface area contributed by atoms with E-state index in [1.807, 2.05) is 0 Å². The van der Waals surface area contributed by atoms with E-state index < -0.39 is 55.5 Å². The molecular weight excluding hydrogens is 539 g/mol. The lowest BCUT2D eigenvalue weighted by atomic mass is 10.0. The first-order chi connectivity index (χ1) is 17.5. The van der Waals surface area contributed by atoms with Gasteiger partial charge in [-0.2, -0.15) is 0 Å². The fourth-order valence-electron chi connectivity index (χ4n) is 4.21. The zero-order chi connectivity index (χ0) is 26.6. The van der Waals surface area contributed by atoms with Gasteiger partial charge in [0.2, 0.25) is 0 Å². The van der Waals surface area contributed by atoms with E-state index in [-0.39, 0.29) is 18.1 Å². The number of aromatic nitrogens is 2. The molecule has 5 rings (SSSR count). The minimum atomic E-state index is -4.55. The van der Waals surface area contributed by atoms with Gasteiger partial charge in [0.1, 0.15) is 28.5 Å². The van der Waals surface area contributed by atoms with E-state index in [1.165, 1.54) is 12.4 Å². The molecule has 0 radical (unpaired) electrons. The molecule has 0 atom stereocenters. The summed E-state index contributed by atoms with van der Waals surface area (Å²) in [7, 11) is -4.55. The zero-order valence-electron chi connectivity index (χ0n) is 18.9. The third kappa shape index (κ3) is 4.33. The summed E-state index contributed by atoms with van der Waals surface area (Å²) in [6.45, 7) is 0.267. The van der Waals surface area contributed by atoms with Crippen molar-refractivity contribution in [1.82, 2.24) is 9.97 Å². The van der Waals surface area contributed by atoms with Gasteiger partial charge >= 0.3 is 0 Å². The molecule has 0 bridgehead atoms. The predicted octanol–water partition coefficient (Wildman–Crippen LogP) is 5.35. The number of halogens is 6. The summed E-state index contributed by atoms with van der Waals surface area (Å²) in [5.74, 6) is -7.68. The number of nitrogens with one attached hydrogen (secondary N) is 1. The van der Waals surface area contributed by atoms with E-state index in [0.717, 1.165) is 0 Å². The highest BCUT2D eigenvalue weighted by Gasteiger charge is 2.35. The van der Waals surface area contributed by atoms with Crippen molar-refractivity contribution in [1.29, 1.82) is 0 Å². The number of rotatable bonds is 5. The molecule has 37 heavy (non-hydrogen) atoms. The highest BCUT2D eigenvalue weighted by Crippen LogP contribution is 2.37. The van der Waals surface area contributed by atoms with Crippen LogP contribution in [-0.2, 0) is 9.84 Å². The van der Waals surface area contributed by atoms with E-state index in [0.29, 0.717) is 34.1 Å². The molecule has 1 saturated heterocycles. The van der Waals surface area contributed by atoms with Crippen LogP contribution in [0.15, 0.2) is 47.6 Å². The number of sulfone groups is 1. The Morgan fingerprint density at radius 2 is 1.59 bits per heavy atom. The van der Waals surface area contributed by atoms with Crippen LogP contribution < -0.4 is 10.2 Å². The molecular formula is C24H16ClF5N4O2S. The van der Waals surface area contributed by atoms with Crippen LogP contribution in [0, 0.1) is 29.1 Å². The second kappa shape index (κ2) is 9.10. The molecule has 1 aliphatic rings. The first kappa shape index (κ1) is 25.2. The van der Waals surface area contributed by atoms with Gasteiger partial charge in [0.15, 0.2) is 33.1 Å². The van der Waals surface area contributed by atoms with Crippen molar-refractivity contribution in [3.05, 3.63) is 76.8 Å². The van der Waals surface area contributed by atoms with Crippen molar-refractivity contribution in [2.45, 2.75) is 10.9 Å². The summed E-state index contributed by atoms with van der Waals surface area (Å²) in [4.78, 5) is 8.54. The molecule has 1 aliphatic heterocycles. The second-order valence-corrected chi connectivity index (χ2v) is 10.9. The van der Waals surface area contributed by atoms with Crippen LogP contribution in [0.1, 0.15) is 0 Å². The molecule has 1 aromatic heterocycles. The maximum absolute atomic E-state index is 14.4. The molecule has 0 aliphatic carbocycles. The monoisotopic (exact) mass is 554 g/mol. The number of hydrogen-bond donors (Lipinski definition) is 1. The highest BCUT2D eigenvalue weighted by atomic mass is 35.5. The van der Waals surface area contributed by atoms with Crippen LogP contribution in [-0.4, -0.2) is 43.8 Å². The van der Waals surface area contributed by atoms with E-state index in [2.05, 4.69) is 15.3 Å². The van der Waals surface area contributed by atoms with Gasteiger partial charge in [-0.1, -0.05) is 29.8 Å². The van der Waals surface area contributed by atoms with Crippen molar-refractivity contribution >= 4 is 43.8 Å². The van der Waals surface area contributed by atoms with Crippen LogP contribution >= 0.6 is 11.6 Å². The molecule has 0 spiro atoms. The van der Waals surface area contributed by atoms with Crippen LogP contribution in [0.4, 0.5) is 33.5 Å². The van der Waals surface area contributed by atoms with Gasteiger partial charge < -0.3 is 10.2 Å². The highest BCUT2D eigenvalue weighted by molar-refractivity contribution is 7.90. The lowest BCUT2D eigenvalue weighted by Crippen LogP contribution is -2.55. The standard InChI is InChI=1S/C24H16ClF5N4O2S/c1-37(35,36)23-20(29)18(27)22(19(28)21(23)30)33-11-8-34(9-11)24-14-6-15(25)13(7-17(14)31-10-32-24)12-4-2-3-5-16(12)26/h2-7,10-11,33H,8-9H2,1H3. The maximum atomic E-state index is 14.4. The molecule has 6 nitrogen and oxygen atoms in total. The van der Waals surface area contributed by atoms with Crippen molar-refractivity contribution < 1.29 is 30.4 Å². The quantitative estimate of drug-likeness (QED) is 0.265. The topological polar surface area (TPSA) is 75.2 Å². The summed E-state index contributed by atoms with van der Waals surface area (Å²) in [6, 6.07) is 8.69. The summed E-state index contributed by atoms with van der Waals surface area (Å²) >= 11 is 6.44. The molecule has 0 saturated carbocycles. The van der Waals surface area contributed by atoms with Gasteiger partial charge in [-0.3, -0.25) is 0 Å². The first-order valence-corrected chi connectivity index (χ1v) is 13.0. The molecule has 1 N–H and O–H groups in total. The van der Waals surface area contributed by atoms with Crippen molar-refractivity contribution in [2.24, 2.45) is 0 Å². The number of anilines is 2. The van der Waals surface area contributed by atoms with Crippen molar-refractivity contribution in [3.8, 4) is 11.1 Å². The van der Waals surface area contributed by atoms with Crippen LogP contribution in [0.5, 0.6) is 0 Å². The number of benzene rings is 3. The maximum Gasteiger partial charge on any atom is 0.186 e. The Labute approximate surface area is 212 Å². The summed E-state index contributed by atoms with van der Waals surface area (Å²) < 4.78 is 94.8. The third-order valence-corrected chi connectivity index (χ3v) is 7.40. The molecule has 0 amide bonds. The molecule has 2 heterocycles. The lowest BCUT2D eigenvalue weighted by molar-refractivity contribution is 0.420. The van der Waals surface area contributed by atoms with Crippen LogP contribution in [0.2, 0.25) is 5.02 Å². The van der Waals surface area contributed by atoms with Gasteiger partial charge in [-0.25, -0.2) is 40.3 Å². The largest absolute Gasteiger partial charge is 0.374 e. The molecule has 3 aromatic carbocycles. The molecule has 192 valence electrons. The predicted molar refractivity (Wildman–Crippen MR) is 129 cm³/mol. The van der Waals surface area contributed by atoms with E-state index in [1.54, 1.807) is 35.2 Å². The fourth-order valence-corrected chi connectivity index (χ4v) is 5.31. The van der Waals surface area contributed by atoms with Gasteiger partial charge in [0.25, 0.3) is 0 Å². The SMILES string of the molecule is CS(=O)(=O)c1c(F)c(F)c(NC2CN(c3ncnc4cc(-c5ccccc5F)c(Cl)cc34)C2)c(F)c1F. The van der Waals surface area contributed by atoms with Crippen LogP contribution in [0.3, 0.4) is 0 Å². The smallest absolute Gasteiger partial charge is 0.186 e. The lowest BCUT2D eigenvalue weighted by Gasteiger charge is -2.41. The van der Waals surface area contributed by atoms with Gasteiger partial charge in [0, 0.05) is 40.9 Å². The van der Waals surface area contributed by atoms with E-state index >= 15 is 0 Å². The average Bonchev–Trinajstić information content (AvgIpc) is 2.81. The van der Waals surface area contributed by atoms with Crippen molar-refractivity contribution in [3.63, 3.8) is 0 Å². The number of nitrogens with zero attached hydrogens (tertiary/aromatic N) is 3. The Morgan fingerprint density at radius 1 is 0.946 bits per heavy atom. The Morgan fingerprint density at radius 3 is 2.22 bits per heavy atom.